The second kappa shape index (κ2) is 13.2. The molecular weight excluding hydrogens is 260 g/mol. The predicted molar refractivity (Wildman–Crippen MR) is 91.4 cm³/mol. The van der Waals surface area contributed by atoms with E-state index in [1.165, 1.54) is 32.1 Å². The fourth-order valence-electron chi connectivity index (χ4n) is 2.66. The average Bonchev–Trinajstić information content (AvgIpc) is 2.42. The van der Waals surface area contributed by atoms with Crippen LogP contribution in [0.4, 0.5) is 0 Å². The monoisotopic (exact) mass is 298 g/mol. The Labute approximate surface area is 133 Å². The van der Waals surface area contributed by atoms with Gasteiger partial charge in [0.15, 0.2) is 0 Å². The van der Waals surface area contributed by atoms with Crippen LogP contribution in [0.3, 0.4) is 0 Å². The highest BCUT2D eigenvalue weighted by atomic mass is 16.5. The van der Waals surface area contributed by atoms with Crippen molar-refractivity contribution >= 4 is 5.97 Å². The normalized spacial score (nSPS) is 12.9. The maximum atomic E-state index is 11.6. The molecule has 0 bridgehead atoms. The third kappa shape index (κ3) is 12.9. The Kier molecular flexibility index (Phi) is 12.8. The van der Waals surface area contributed by atoms with Crippen molar-refractivity contribution in [1.82, 2.24) is 0 Å². The molecule has 0 amide bonds. The van der Waals surface area contributed by atoms with Gasteiger partial charge in [0.25, 0.3) is 0 Å². The quantitative estimate of drug-likeness (QED) is 0.308. The van der Waals surface area contributed by atoms with Crippen molar-refractivity contribution in [2.75, 3.05) is 6.61 Å². The molecule has 126 valence electrons. The Morgan fingerprint density at radius 1 is 0.905 bits per heavy atom. The van der Waals surface area contributed by atoms with Crippen molar-refractivity contribution in [2.24, 2.45) is 17.8 Å². The average molecular weight is 299 g/mol. The summed E-state index contributed by atoms with van der Waals surface area (Å²) in [5, 5.41) is 0. The van der Waals surface area contributed by atoms with E-state index in [2.05, 4.69) is 34.6 Å². The SMILES string of the molecule is CCCCCCC(=O)OCCCC(CCC(C)C)C(C)C. The largest absolute Gasteiger partial charge is 0.466 e. The van der Waals surface area contributed by atoms with Crippen molar-refractivity contribution in [3.05, 3.63) is 0 Å². The molecule has 0 radical (unpaired) electrons. The van der Waals surface area contributed by atoms with Crippen LogP contribution in [0.5, 0.6) is 0 Å². The van der Waals surface area contributed by atoms with Crippen molar-refractivity contribution < 1.29 is 9.53 Å². The zero-order chi connectivity index (χ0) is 16.1. The summed E-state index contributed by atoms with van der Waals surface area (Å²) >= 11 is 0. The highest BCUT2D eigenvalue weighted by molar-refractivity contribution is 5.69. The minimum atomic E-state index is -0.00520. The number of ether oxygens (including phenoxy) is 1. The smallest absolute Gasteiger partial charge is 0.305 e. The summed E-state index contributed by atoms with van der Waals surface area (Å²) in [6, 6.07) is 0. The first-order chi connectivity index (χ1) is 9.97. The third-order valence-electron chi connectivity index (χ3n) is 4.27. The van der Waals surface area contributed by atoms with E-state index in [0.717, 1.165) is 37.0 Å². The van der Waals surface area contributed by atoms with E-state index in [4.69, 9.17) is 4.74 Å². The summed E-state index contributed by atoms with van der Waals surface area (Å²) < 4.78 is 5.34. The van der Waals surface area contributed by atoms with Crippen molar-refractivity contribution in [3.8, 4) is 0 Å². The van der Waals surface area contributed by atoms with E-state index in [1.807, 2.05) is 0 Å². The van der Waals surface area contributed by atoms with E-state index in [1.54, 1.807) is 0 Å². The highest BCUT2D eigenvalue weighted by Gasteiger charge is 2.14. The van der Waals surface area contributed by atoms with Gasteiger partial charge < -0.3 is 4.74 Å². The standard InChI is InChI=1S/C19H38O2/c1-6-7-8-9-12-19(20)21-15-10-11-18(17(4)5)14-13-16(2)3/h16-18H,6-15H2,1-5H3. The lowest BCUT2D eigenvalue weighted by molar-refractivity contribution is -0.144. The van der Waals surface area contributed by atoms with Gasteiger partial charge in [-0.25, -0.2) is 0 Å². The second-order valence-corrected chi connectivity index (χ2v) is 7.15. The Bertz CT molecular complexity index is 246. The molecule has 0 aromatic heterocycles. The summed E-state index contributed by atoms with van der Waals surface area (Å²) in [4.78, 5) is 11.6. The van der Waals surface area contributed by atoms with E-state index in [0.29, 0.717) is 13.0 Å². The van der Waals surface area contributed by atoms with Crippen LogP contribution in [-0.2, 0) is 9.53 Å². The minimum absolute atomic E-state index is 0.00520. The first-order valence-electron chi connectivity index (χ1n) is 9.13. The highest BCUT2D eigenvalue weighted by Crippen LogP contribution is 2.24. The van der Waals surface area contributed by atoms with Gasteiger partial charge in [0.05, 0.1) is 6.61 Å². The Hall–Kier alpha value is -0.530. The lowest BCUT2D eigenvalue weighted by Crippen LogP contribution is -2.12. The summed E-state index contributed by atoms with van der Waals surface area (Å²) in [5.41, 5.74) is 0. The fourth-order valence-corrected chi connectivity index (χ4v) is 2.66. The van der Waals surface area contributed by atoms with E-state index < -0.39 is 0 Å². The van der Waals surface area contributed by atoms with Gasteiger partial charge in [-0.1, -0.05) is 60.3 Å². The van der Waals surface area contributed by atoms with Gasteiger partial charge in [0.2, 0.25) is 0 Å². The van der Waals surface area contributed by atoms with E-state index >= 15 is 0 Å². The predicted octanol–water partition coefficient (Wildman–Crippen LogP) is 5.99. The molecule has 0 fully saturated rings. The second-order valence-electron chi connectivity index (χ2n) is 7.15. The van der Waals surface area contributed by atoms with Crippen molar-refractivity contribution in [2.45, 2.75) is 92.4 Å². The molecule has 0 saturated carbocycles. The Morgan fingerprint density at radius 3 is 2.19 bits per heavy atom. The maximum Gasteiger partial charge on any atom is 0.305 e. The van der Waals surface area contributed by atoms with Gasteiger partial charge in [-0.2, -0.15) is 0 Å². The molecule has 1 atom stereocenters. The molecule has 0 aromatic carbocycles. The molecule has 0 spiro atoms. The number of carbonyl (C=O) groups excluding carboxylic acids is 1. The number of rotatable bonds is 13. The fraction of sp³-hybridized carbons (Fsp3) is 0.947. The van der Waals surface area contributed by atoms with Gasteiger partial charge in [0.1, 0.15) is 0 Å². The molecule has 0 aromatic rings. The first kappa shape index (κ1) is 20.5. The van der Waals surface area contributed by atoms with Gasteiger partial charge in [-0.3, -0.25) is 4.79 Å². The van der Waals surface area contributed by atoms with E-state index in [-0.39, 0.29) is 5.97 Å². The topological polar surface area (TPSA) is 26.3 Å². The number of carbonyl (C=O) groups is 1. The van der Waals surface area contributed by atoms with Crippen LogP contribution < -0.4 is 0 Å². The van der Waals surface area contributed by atoms with Crippen LogP contribution in [-0.4, -0.2) is 12.6 Å². The Balaban J connectivity index is 3.67. The van der Waals surface area contributed by atoms with Gasteiger partial charge in [0, 0.05) is 6.42 Å². The molecule has 0 aliphatic rings. The number of hydrogen-bond acceptors (Lipinski definition) is 2. The van der Waals surface area contributed by atoms with Crippen LogP contribution in [0.1, 0.15) is 92.4 Å². The number of esters is 1. The third-order valence-corrected chi connectivity index (χ3v) is 4.27. The molecule has 2 heteroatoms. The number of unbranched alkanes of at least 4 members (excludes halogenated alkanes) is 3. The van der Waals surface area contributed by atoms with Crippen LogP contribution >= 0.6 is 0 Å². The first-order valence-corrected chi connectivity index (χ1v) is 9.13. The van der Waals surface area contributed by atoms with Crippen LogP contribution in [0, 0.1) is 17.8 Å². The zero-order valence-electron chi connectivity index (χ0n) is 15.1. The Morgan fingerprint density at radius 2 is 1.62 bits per heavy atom. The molecule has 0 aliphatic heterocycles. The molecule has 21 heavy (non-hydrogen) atoms. The minimum Gasteiger partial charge on any atom is -0.466 e. The van der Waals surface area contributed by atoms with Crippen LogP contribution in [0.25, 0.3) is 0 Å². The lowest BCUT2D eigenvalue weighted by Gasteiger charge is -2.21. The molecule has 0 aliphatic carbocycles. The van der Waals surface area contributed by atoms with Gasteiger partial charge >= 0.3 is 5.97 Å². The molecule has 0 N–H and O–H groups in total. The summed E-state index contributed by atoms with van der Waals surface area (Å²) in [5.74, 6) is 2.28. The molecule has 0 heterocycles. The van der Waals surface area contributed by atoms with Gasteiger partial charge in [-0.15, -0.1) is 0 Å². The molecule has 0 rings (SSSR count). The maximum absolute atomic E-state index is 11.6. The molecule has 0 saturated heterocycles. The molecule has 1 unspecified atom stereocenters. The summed E-state index contributed by atoms with van der Waals surface area (Å²) in [6.45, 7) is 12.0. The zero-order valence-corrected chi connectivity index (χ0v) is 15.1. The molecule has 2 nitrogen and oxygen atoms in total. The van der Waals surface area contributed by atoms with Crippen molar-refractivity contribution in [3.63, 3.8) is 0 Å². The lowest BCUT2D eigenvalue weighted by atomic mass is 9.85. The summed E-state index contributed by atoms with van der Waals surface area (Å²) in [6.07, 6.45) is 9.98. The molecular formula is C19H38O2. The number of hydrogen-bond donors (Lipinski definition) is 0. The van der Waals surface area contributed by atoms with Gasteiger partial charge in [-0.05, 0) is 43.4 Å². The van der Waals surface area contributed by atoms with Crippen molar-refractivity contribution in [1.29, 1.82) is 0 Å². The summed E-state index contributed by atoms with van der Waals surface area (Å²) in [7, 11) is 0. The van der Waals surface area contributed by atoms with Crippen LogP contribution in [0.2, 0.25) is 0 Å². The van der Waals surface area contributed by atoms with Crippen LogP contribution in [0.15, 0.2) is 0 Å². The van der Waals surface area contributed by atoms with E-state index in [9.17, 15) is 4.79 Å².